The molecule has 1 aromatic heterocycles. The van der Waals surface area contributed by atoms with E-state index in [2.05, 4.69) is 231 Å². The number of fused-ring (bicyclic) bond motifs is 11. The average molecular weight is 875 g/mol. The first-order chi connectivity index (χ1) is 31.5. The van der Waals surface area contributed by atoms with Crippen LogP contribution < -0.4 is 20.6 Å². The molecular formula is C62H59BN2S. The summed E-state index contributed by atoms with van der Waals surface area (Å²) in [7, 11) is 0. The Bertz CT molecular complexity index is 3450. The van der Waals surface area contributed by atoms with Crippen molar-refractivity contribution in [1.29, 1.82) is 0 Å². The molecule has 66 heavy (non-hydrogen) atoms. The summed E-state index contributed by atoms with van der Waals surface area (Å²) in [6.45, 7) is 23.8. The molecule has 326 valence electrons. The van der Waals surface area contributed by atoms with Gasteiger partial charge in [0.1, 0.15) is 0 Å². The Morgan fingerprint density at radius 3 is 1.83 bits per heavy atom. The summed E-state index contributed by atoms with van der Waals surface area (Å²) in [5.41, 5.74) is 19.9. The van der Waals surface area contributed by atoms with Crippen LogP contribution in [0.15, 0.2) is 152 Å². The second kappa shape index (κ2) is 14.2. The summed E-state index contributed by atoms with van der Waals surface area (Å²) in [6.07, 6.45) is 2.33. The van der Waals surface area contributed by atoms with Crippen LogP contribution in [0.3, 0.4) is 0 Å². The van der Waals surface area contributed by atoms with Crippen LogP contribution in [0.5, 0.6) is 0 Å². The Morgan fingerprint density at radius 1 is 0.500 bits per heavy atom. The second-order valence-electron chi connectivity index (χ2n) is 22.8. The molecule has 0 atom stereocenters. The molecule has 12 rings (SSSR count). The minimum absolute atomic E-state index is 0.0213. The molecule has 3 heterocycles. The fourth-order valence-electron chi connectivity index (χ4n) is 11.7. The van der Waals surface area contributed by atoms with Gasteiger partial charge in [0.25, 0.3) is 0 Å². The lowest BCUT2D eigenvalue weighted by Gasteiger charge is -2.48. The number of thiophene rings is 1. The molecule has 4 heteroatoms. The van der Waals surface area contributed by atoms with Crippen LogP contribution in [-0.4, -0.2) is 6.85 Å². The summed E-state index contributed by atoms with van der Waals surface area (Å²) in [5.74, 6) is 0. The van der Waals surface area contributed by atoms with Gasteiger partial charge in [0, 0.05) is 54.0 Å². The van der Waals surface area contributed by atoms with Crippen molar-refractivity contribution in [1.82, 2.24) is 0 Å². The summed E-state index contributed by atoms with van der Waals surface area (Å²) < 4.78 is 2.69. The molecule has 2 nitrogen and oxygen atoms in total. The number of anilines is 5. The van der Waals surface area contributed by atoms with E-state index in [9.17, 15) is 0 Å². The monoisotopic (exact) mass is 874 g/mol. The molecular weight excluding hydrogens is 816 g/mol. The van der Waals surface area contributed by atoms with E-state index in [0.717, 1.165) is 12.8 Å². The van der Waals surface area contributed by atoms with Crippen molar-refractivity contribution in [2.24, 2.45) is 0 Å². The first kappa shape index (κ1) is 41.3. The molecule has 2 aliphatic heterocycles. The van der Waals surface area contributed by atoms with Crippen molar-refractivity contribution < 1.29 is 0 Å². The molecule has 0 unspecified atom stereocenters. The number of benzene rings is 8. The van der Waals surface area contributed by atoms with Crippen LogP contribution in [0.2, 0.25) is 0 Å². The molecule has 0 saturated heterocycles. The maximum Gasteiger partial charge on any atom is 0.334 e. The Morgan fingerprint density at radius 2 is 1.12 bits per heavy atom. The number of hydrogen-bond donors (Lipinski definition) is 0. The topological polar surface area (TPSA) is 6.48 Å². The third-order valence-electron chi connectivity index (χ3n) is 15.6. The molecule has 0 N–H and O–H groups in total. The largest absolute Gasteiger partial charge is 0.376 e. The molecule has 9 aromatic rings. The molecule has 0 saturated carbocycles. The summed E-state index contributed by atoms with van der Waals surface area (Å²) in [5, 5.41) is 5.23. The maximum atomic E-state index is 2.77. The fourth-order valence-corrected chi connectivity index (χ4v) is 13.0. The summed E-state index contributed by atoms with van der Waals surface area (Å²) >= 11 is 1.96. The predicted molar refractivity (Wildman–Crippen MR) is 289 cm³/mol. The maximum absolute atomic E-state index is 2.77. The van der Waals surface area contributed by atoms with Crippen molar-refractivity contribution >= 4 is 88.5 Å². The highest BCUT2D eigenvalue weighted by Crippen LogP contribution is 2.56. The summed E-state index contributed by atoms with van der Waals surface area (Å²) in [4.78, 5) is 5.42. The minimum atomic E-state index is -0.109. The van der Waals surface area contributed by atoms with Crippen LogP contribution in [0.25, 0.3) is 53.2 Å². The zero-order valence-electron chi connectivity index (χ0n) is 40.2. The van der Waals surface area contributed by atoms with Gasteiger partial charge in [-0.05, 0) is 144 Å². The van der Waals surface area contributed by atoms with Gasteiger partial charge < -0.3 is 9.71 Å². The van der Waals surface area contributed by atoms with Gasteiger partial charge in [-0.25, -0.2) is 0 Å². The Kier molecular flexibility index (Phi) is 8.90. The highest BCUT2D eigenvalue weighted by molar-refractivity contribution is 7.27. The molecule has 1 aliphatic carbocycles. The Hall–Kier alpha value is -6.10. The van der Waals surface area contributed by atoms with Crippen LogP contribution >= 0.6 is 11.3 Å². The van der Waals surface area contributed by atoms with Gasteiger partial charge in [0.2, 0.25) is 0 Å². The standard InChI is InChI=1S/C62H59BN2S/c1-59(2,3)40-24-27-42(28-25-40)65-52-37-49-48(61(7,8)32-33-62(49,9)10)36-47(52)55-43-21-15-14-20-39(43)34-53-56(55)63(65)57-51(31-29-45-44-22-16-17-23-54(44)66-58(45)57)64(53)50-30-26-41(60(4,5)6)35-46(50)38-18-12-11-13-19-38/h11-31,34-37H,32-33H2,1-10H3. The number of rotatable bonds is 3. The minimum Gasteiger partial charge on any atom is -0.376 e. The molecule has 0 fully saturated rings. The van der Waals surface area contributed by atoms with Gasteiger partial charge in [-0.15, -0.1) is 11.3 Å². The third kappa shape index (κ3) is 6.13. The van der Waals surface area contributed by atoms with E-state index < -0.39 is 0 Å². The molecule has 8 aromatic carbocycles. The number of hydrogen-bond acceptors (Lipinski definition) is 3. The van der Waals surface area contributed by atoms with E-state index in [0.29, 0.717) is 0 Å². The molecule has 0 amide bonds. The number of nitrogens with zero attached hydrogens (tertiary/aromatic N) is 2. The average Bonchev–Trinajstić information content (AvgIpc) is 3.68. The molecule has 0 radical (unpaired) electrons. The smallest absolute Gasteiger partial charge is 0.334 e. The van der Waals surface area contributed by atoms with Crippen LogP contribution in [0.4, 0.5) is 28.4 Å². The van der Waals surface area contributed by atoms with E-state index >= 15 is 0 Å². The predicted octanol–water partition coefficient (Wildman–Crippen LogP) is 16.5. The van der Waals surface area contributed by atoms with E-state index in [4.69, 9.17) is 0 Å². The second-order valence-corrected chi connectivity index (χ2v) is 23.9. The first-order valence-corrected chi connectivity index (χ1v) is 24.9. The van der Waals surface area contributed by atoms with Crippen molar-refractivity contribution in [2.45, 2.75) is 104 Å². The highest BCUT2D eigenvalue weighted by Gasteiger charge is 2.49. The zero-order valence-corrected chi connectivity index (χ0v) is 41.0. The van der Waals surface area contributed by atoms with E-state index in [-0.39, 0.29) is 28.5 Å². The SMILES string of the molecule is CC(C)(C)c1ccc(N2B3c4c(cc5ccccc5c4-c4cc5c(cc42)C(C)(C)CCC5(C)C)N(c2ccc(C(C)(C)C)cc2-c2ccccc2)c2ccc4c(sc5ccccc54)c23)cc1. The fraction of sp³-hybridized carbons (Fsp3) is 0.258. The van der Waals surface area contributed by atoms with E-state index in [1.54, 1.807) is 0 Å². The highest BCUT2D eigenvalue weighted by atomic mass is 32.1. The summed E-state index contributed by atoms with van der Waals surface area (Å²) in [6, 6.07) is 58.9. The van der Waals surface area contributed by atoms with Crippen molar-refractivity contribution in [2.75, 3.05) is 9.71 Å². The van der Waals surface area contributed by atoms with E-state index in [1.165, 1.54) is 115 Å². The molecule has 3 aliphatic rings. The van der Waals surface area contributed by atoms with Gasteiger partial charge in [-0.3, -0.25) is 0 Å². The third-order valence-corrected chi connectivity index (χ3v) is 16.8. The van der Waals surface area contributed by atoms with Gasteiger partial charge >= 0.3 is 6.85 Å². The zero-order chi connectivity index (χ0) is 45.7. The van der Waals surface area contributed by atoms with Crippen LogP contribution in [-0.2, 0) is 21.7 Å². The molecule has 0 spiro atoms. The Labute approximate surface area is 396 Å². The van der Waals surface area contributed by atoms with Crippen LogP contribution in [0.1, 0.15) is 104 Å². The van der Waals surface area contributed by atoms with E-state index in [1.807, 2.05) is 11.3 Å². The first-order valence-electron chi connectivity index (χ1n) is 24.1. The van der Waals surface area contributed by atoms with Gasteiger partial charge in [-0.1, -0.05) is 166 Å². The van der Waals surface area contributed by atoms with Crippen molar-refractivity contribution in [3.8, 4) is 22.3 Å². The van der Waals surface area contributed by atoms with Gasteiger partial charge in [0.15, 0.2) is 0 Å². The van der Waals surface area contributed by atoms with Crippen molar-refractivity contribution in [3.05, 3.63) is 174 Å². The lowest BCUT2D eigenvalue weighted by Crippen LogP contribution is -2.62. The van der Waals surface area contributed by atoms with Gasteiger partial charge in [0.05, 0.1) is 5.69 Å². The molecule has 0 bridgehead atoms. The quantitative estimate of drug-likeness (QED) is 0.163. The van der Waals surface area contributed by atoms with Crippen LogP contribution in [0, 0.1) is 0 Å². The lowest BCUT2D eigenvalue weighted by molar-refractivity contribution is 0.332. The van der Waals surface area contributed by atoms with Crippen molar-refractivity contribution in [3.63, 3.8) is 0 Å². The normalized spacial score (nSPS) is 16.1. The lowest BCUT2D eigenvalue weighted by atomic mass is 9.42. The van der Waals surface area contributed by atoms with Gasteiger partial charge in [-0.2, -0.15) is 0 Å². The Balaban J connectivity index is 1.28.